The smallest absolute Gasteiger partial charge is 0.178 e. The fourth-order valence-electron chi connectivity index (χ4n) is 0.868. The van der Waals surface area contributed by atoms with Crippen LogP contribution in [0, 0.1) is 5.82 Å². The zero-order valence-corrected chi connectivity index (χ0v) is 7.94. The maximum atomic E-state index is 12.9. The molecule has 3 nitrogen and oxygen atoms in total. The third kappa shape index (κ3) is 1.98. The van der Waals surface area contributed by atoms with Crippen LogP contribution in [-0.2, 0) is 9.84 Å². The molecule has 13 heavy (non-hydrogen) atoms. The Hall–Kier alpha value is -1.10. The van der Waals surface area contributed by atoms with Gasteiger partial charge in [-0.05, 0) is 18.2 Å². The summed E-state index contributed by atoms with van der Waals surface area (Å²) in [7, 11) is -3.33. The van der Waals surface area contributed by atoms with E-state index in [1.165, 1.54) is 19.1 Å². The maximum Gasteiger partial charge on any atom is 0.178 e. The molecule has 0 atom stereocenters. The quantitative estimate of drug-likeness (QED) is 0.735. The zero-order valence-electron chi connectivity index (χ0n) is 7.12. The SMILES string of the molecule is CCS(=O)(=O)c1ccc(N)c(F)c1. The number of nitrogen functional groups attached to an aromatic ring is 1. The van der Waals surface area contributed by atoms with Gasteiger partial charge in [0.2, 0.25) is 0 Å². The first-order chi connectivity index (χ1) is 5.97. The van der Waals surface area contributed by atoms with E-state index in [2.05, 4.69) is 0 Å². The van der Waals surface area contributed by atoms with Crippen molar-refractivity contribution in [3.63, 3.8) is 0 Å². The molecule has 0 amide bonds. The van der Waals surface area contributed by atoms with Crippen molar-refractivity contribution in [2.45, 2.75) is 11.8 Å². The van der Waals surface area contributed by atoms with Crippen molar-refractivity contribution in [3.05, 3.63) is 24.0 Å². The van der Waals surface area contributed by atoms with Crippen molar-refractivity contribution >= 4 is 15.5 Å². The summed E-state index contributed by atoms with van der Waals surface area (Å²) in [6.45, 7) is 1.50. The van der Waals surface area contributed by atoms with E-state index >= 15 is 0 Å². The largest absolute Gasteiger partial charge is 0.396 e. The number of rotatable bonds is 2. The minimum atomic E-state index is -3.33. The molecule has 1 rings (SSSR count). The minimum absolute atomic E-state index is 0.0262. The number of hydrogen-bond acceptors (Lipinski definition) is 3. The summed E-state index contributed by atoms with van der Waals surface area (Å²) in [5.41, 5.74) is 5.16. The fraction of sp³-hybridized carbons (Fsp3) is 0.250. The Balaban J connectivity index is 3.27. The van der Waals surface area contributed by atoms with E-state index in [4.69, 9.17) is 5.73 Å². The molecule has 0 fully saturated rings. The number of sulfone groups is 1. The van der Waals surface area contributed by atoms with Gasteiger partial charge < -0.3 is 5.73 Å². The second kappa shape index (κ2) is 3.33. The van der Waals surface area contributed by atoms with Crippen molar-refractivity contribution in [1.82, 2.24) is 0 Å². The second-order valence-corrected chi connectivity index (χ2v) is 4.86. The fourth-order valence-corrected chi connectivity index (χ4v) is 1.76. The Bertz CT molecular complexity index is 414. The van der Waals surface area contributed by atoms with Crippen molar-refractivity contribution in [2.75, 3.05) is 11.5 Å². The van der Waals surface area contributed by atoms with Crippen molar-refractivity contribution in [1.29, 1.82) is 0 Å². The van der Waals surface area contributed by atoms with Gasteiger partial charge in [0.05, 0.1) is 16.3 Å². The molecule has 0 aromatic heterocycles. The van der Waals surface area contributed by atoms with Gasteiger partial charge in [-0.1, -0.05) is 6.92 Å². The summed E-state index contributed by atoms with van der Waals surface area (Å²) in [4.78, 5) is -0.0262. The van der Waals surface area contributed by atoms with Gasteiger partial charge in [0, 0.05) is 0 Å². The number of hydrogen-bond donors (Lipinski definition) is 1. The average Bonchev–Trinajstić information content (AvgIpc) is 2.09. The van der Waals surface area contributed by atoms with Crippen LogP contribution in [0.4, 0.5) is 10.1 Å². The monoisotopic (exact) mass is 203 g/mol. The average molecular weight is 203 g/mol. The lowest BCUT2D eigenvalue weighted by Crippen LogP contribution is -2.04. The van der Waals surface area contributed by atoms with Gasteiger partial charge in [-0.25, -0.2) is 12.8 Å². The first-order valence-electron chi connectivity index (χ1n) is 3.75. The van der Waals surface area contributed by atoms with Crippen molar-refractivity contribution in [3.8, 4) is 0 Å². The summed E-state index contributed by atoms with van der Waals surface area (Å²) < 4.78 is 35.4. The molecule has 0 aliphatic rings. The highest BCUT2D eigenvalue weighted by Crippen LogP contribution is 2.16. The molecule has 0 aliphatic carbocycles. The zero-order chi connectivity index (χ0) is 10.1. The molecule has 0 aliphatic heterocycles. The van der Waals surface area contributed by atoms with Gasteiger partial charge in [-0.15, -0.1) is 0 Å². The molecule has 0 saturated heterocycles. The highest BCUT2D eigenvalue weighted by molar-refractivity contribution is 7.91. The third-order valence-electron chi connectivity index (χ3n) is 1.71. The van der Waals surface area contributed by atoms with Gasteiger partial charge in [-0.3, -0.25) is 0 Å². The van der Waals surface area contributed by atoms with Crippen LogP contribution in [0.2, 0.25) is 0 Å². The number of benzene rings is 1. The predicted molar refractivity (Wildman–Crippen MR) is 48.5 cm³/mol. The van der Waals surface area contributed by atoms with E-state index in [0.29, 0.717) is 0 Å². The lowest BCUT2D eigenvalue weighted by Gasteiger charge is -2.02. The molecular weight excluding hydrogens is 193 g/mol. The van der Waals surface area contributed by atoms with E-state index in [0.717, 1.165) is 6.07 Å². The summed E-state index contributed by atoms with van der Waals surface area (Å²) in [6.07, 6.45) is 0. The topological polar surface area (TPSA) is 60.2 Å². The number of anilines is 1. The van der Waals surface area contributed by atoms with Crippen LogP contribution in [-0.4, -0.2) is 14.2 Å². The molecule has 1 aromatic rings. The third-order valence-corrected chi connectivity index (χ3v) is 3.44. The van der Waals surface area contributed by atoms with Crippen molar-refractivity contribution in [2.24, 2.45) is 0 Å². The summed E-state index contributed by atoms with van der Waals surface area (Å²) in [6, 6.07) is 3.49. The minimum Gasteiger partial charge on any atom is -0.396 e. The lowest BCUT2D eigenvalue weighted by molar-refractivity contribution is 0.592. The van der Waals surface area contributed by atoms with E-state index in [1.54, 1.807) is 0 Å². The van der Waals surface area contributed by atoms with Crippen LogP contribution >= 0.6 is 0 Å². The molecule has 0 saturated carbocycles. The predicted octanol–water partition coefficient (Wildman–Crippen LogP) is 1.20. The molecule has 72 valence electrons. The van der Waals surface area contributed by atoms with Crippen LogP contribution in [0.15, 0.2) is 23.1 Å². The highest BCUT2D eigenvalue weighted by atomic mass is 32.2. The molecule has 2 N–H and O–H groups in total. The highest BCUT2D eigenvalue weighted by Gasteiger charge is 2.12. The van der Waals surface area contributed by atoms with Gasteiger partial charge >= 0.3 is 0 Å². The Morgan fingerprint density at radius 1 is 1.46 bits per heavy atom. The molecule has 5 heteroatoms. The Labute approximate surface area is 76.3 Å². The molecule has 0 unspecified atom stereocenters. The Kier molecular flexibility index (Phi) is 2.56. The van der Waals surface area contributed by atoms with E-state index in [1.807, 2.05) is 0 Å². The van der Waals surface area contributed by atoms with E-state index < -0.39 is 15.7 Å². The van der Waals surface area contributed by atoms with Gasteiger partial charge in [0.25, 0.3) is 0 Å². The summed E-state index contributed by atoms with van der Waals surface area (Å²) in [5.74, 6) is -0.745. The first-order valence-corrected chi connectivity index (χ1v) is 5.40. The summed E-state index contributed by atoms with van der Waals surface area (Å²) >= 11 is 0. The molecule has 0 heterocycles. The normalized spacial score (nSPS) is 11.5. The second-order valence-electron chi connectivity index (χ2n) is 2.59. The van der Waals surface area contributed by atoms with Gasteiger partial charge in [0.15, 0.2) is 9.84 Å². The van der Waals surface area contributed by atoms with Gasteiger partial charge in [0.1, 0.15) is 5.82 Å². The first kappa shape index (κ1) is 9.98. The summed E-state index contributed by atoms with van der Waals surface area (Å²) in [5, 5.41) is 0. The molecule has 0 radical (unpaired) electrons. The standard InChI is InChI=1S/C8H10FNO2S/c1-2-13(11,12)6-3-4-8(10)7(9)5-6/h3-5H,2,10H2,1H3. The number of nitrogens with two attached hydrogens (primary N) is 1. The van der Waals surface area contributed by atoms with Crippen LogP contribution in [0.1, 0.15) is 6.92 Å². The van der Waals surface area contributed by atoms with Gasteiger partial charge in [-0.2, -0.15) is 0 Å². The van der Waals surface area contributed by atoms with Crippen LogP contribution in [0.5, 0.6) is 0 Å². The maximum absolute atomic E-state index is 12.9. The van der Waals surface area contributed by atoms with Crippen molar-refractivity contribution < 1.29 is 12.8 Å². The van der Waals surface area contributed by atoms with Crippen LogP contribution in [0.25, 0.3) is 0 Å². The Morgan fingerprint density at radius 3 is 2.54 bits per heavy atom. The lowest BCUT2D eigenvalue weighted by atomic mass is 10.3. The molecule has 0 spiro atoms. The van der Waals surface area contributed by atoms with Crippen LogP contribution < -0.4 is 5.73 Å². The van der Waals surface area contributed by atoms with E-state index in [9.17, 15) is 12.8 Å². The molecular formula is C8H10FNO2S. The van der Waals surface area contributed by atoms with E-state index in [-0.39, 0.29) is 16.3 Å². The molecule has 1 aromatic carbocycles. The Morgan fingerprint density at radius 2 is 2.08 bits per heavy atom. The van der Waals surface area contributed by atoms with Crippen LogP contribution in [0.3, 0.4) is 0 Å². The molecule has 0 bridgehead atoms. The number of halogens is 1.